The number of aryl methyl sites for hydroxylation is 2. The second-order valence-corrected chi connectivity index (χ2v) is 6.56. The van der Waals surface area contributed by atoms with Gasteiger partial charge < -0.3 is 19.8 Å². The molecule has 0 saturated heterocycles. The molecule has 2 N–H and O–H groups in total. The van der Waals surface area contributed by atoms with Crippen LogP contribution in [0.5, 0.6) is 5.75 Å². The van der Waals surface area contributed by atoms with Crippen LogP contribution in [0, 0.1) is 13.8 Å². The molecule has 2 heterocycles. The van der Waals surface area contributed by atoms with E-state index in [1.807, 2.05) is 63.2 Å². The van der Waals surface area contributed by atoms with Crippen LogP contribution in [0.15, 0.2) is 58.1 Å². The first-order chi connectivity index (χ1) is 14.1. The van der Waals surface area contributed by atoms with Crippen molar-refractivity contribution >= 4 is 5.96 Å². The van der Waals surface area contributed by atoms with Crippen LogP contribution in [0.3, 0.4) is 0 Å². The fourth-order valence-electron chi connectivity index (χ4n) is 2.66. The van der Waals surface area contributed by atoms with Gasteiger partial charge in [0.15, 0.2) is 5.96 Å². The topological polar surface area (TPSA) is 84.6 Å². The summed E-state index contributed by atoms with van der Waals surface area (Å²) in [5, 5.41) is 6.49. The number of nitrogens with one attached hydrogen (secondary N) is 2. The Kier molecular flexibility index (Phi) is 7.22. The number of rotatable bonds is 8. The first-order valence-electron chi connectivity index (χ1n) is 9.70. The van der Waals surface area contributed by atoms with Gasteiger partial charge in [-0.15, -0.1) is 0 Å². The molecular formula is C22H27N5O2. The normalized spacial score (nSPS) is 11.3. The minimum Gasteiger partial charge on any atom is -0.487 e. The Morgan fingerprint density at radius 3 is 2.76 bits per heavy atom. The van der Waals surface area contributed by atoms with E-state index in [1.54, 1.807) is 6.20 Å². The van der Waals surface area contributed by atoms with Crippen molar-refractivity contribution in [3.05, 3.63) is 77.3 Å². The quantitative estimate of drug-likeness (QED) is 0.450. The summed E-state index contributed by atoms with van der Waals surface area (Å²) in [5.74, 6) is 3.00. The van der Waals surface area contributed by atoms with E-state index in [2.05, 4.69) is 25.6 Å². The van der Waals surface area contributed by atoms with E-state index < -0.39 is 0 Å². The molecule has 0 atom stereocenters. The van der Waals surface area contributed by atoms with Crippen molar-refractivity contribution in [3.8, 4) is 5.75 Å². The first kappa shape index (κ1) is 20.4. The lowest BCUT2D eigenvalue weighted by Gasteiger charge is -2.10. The van der Waals surface area contributed by atoms with Crippen LogP contribution in [0.4, 0.5) is 0 Å². The molecule has 152 valence electrons. The number of hydrogen-bond acceptors (Lipinski definition) is 5. The van der Waals surface area contributed by atoms with Gasteiger partial charge in [-0.3, -0.25) is 4.98 Å². The molecule has 0 aliphatic heterocycles. The van der Waals surface area contributed by atoms with Gasteiger partial charge in [-0.05, 0) is 50.6 Å². The van der Waals surface area contributed by atoms with Crippen LogP contribution in [-0.4, -0.2) is 22.5 Å². The van der Waals surface area contributed by atoms with Gasteiger partial charge in [0.2, 0.25) is 5.89 Å². The van der Waals surface area contributed by atoms with E-state index >= 15 is 0 Å². The van der Waals surface area contributed by atoms with Crippen LogP contribution in [0.1, 0.15) is 35.5 Å². The van der Waals surface area contributed by atoms with Crippen LogP contribution < -0.4 is 15.4 Å². The predicted octanol–water partition coefficient (Wildman–Crippen LogP) is 3.52. The zero-order valence-electron chi connectivity index (χ0n) is 17.1. The number of hydrogen-bond donors (Lipinski definition) is 2. The molecule has 2 aromatic heterocycles. The van der Waals surface area contributed by atoms with E-state index in [1.165, 1.54) is 0 Å². The largest absolute Gasteiger partial charge is 0.487 e. The Bertz CT molecular complexity index is 918. The smallest absolute Gasteiger partial charge is 0.214 e. The molecule has 0 fully saturated rings. The molecule has 0 saturated carbocycles. The summed E-state index contributed by atoms with van der Waals surface area (Å²) in [6.45, 7) is 8.09. The van der Waals surface area contributed by atoms with Crippen molar-refractivity contribution in [2.45, 2.75) is 40.5 Å². The van der Waals surface area contributed by atoms with Gasteiger partial charge in [0.1, 0.15) is 18.1 Å². The summed E-state index contributed by atoms with van der Waals surface area (Å²) in [4.78, 5) is 13.3. The van der Waals surface area contributed by atoms with Crippen molar-refractivity contribution in [2.24, 2.45) is 4.99 Å². The average Bonchev–Trinajstić information content (AvgIpc) is 3.07. The van der Waals surface area contributed by atoms with Gasteiger partial charge in [0, 0.05) is 12.7 Å². The van der Waals surface area contributed by atoms with Gasteiger partial charge in [-0.2, -0.15) is 0 Å². The van der Waals surface area contributed by atoms with E-state index in [-0.39, 0.29) is 0 Å². The number of aromatic nitrogens is 2. The van der Waals surface area contributed by atoms with Gasteiger partial charge in [0.05, 0.1) is 24.5 Å². The number of aliphatic imine (C=N–C) groups is 1. The summed E-state index contributed by atoms with van der Waals surface area (Å²) in [5.41, 5.74) is 2.86. The van der Waals surface area contributed by atoms with Crippen molar-refractivity contribution in [1.29, 1.82) is 0 Å². The summed E-state index contributed by atoms with van der Waals surface area (Å²) < 4.78 is 11.4. The van der Waals surface area contributed by atoms with E-state index in [4.69, 9.17) is 9.15 Å². The summed E-state index contributed by atoms with van der Waals surface area (Å²) in [7, 11) is 0. The molecule has 3 aromatic rings. The van der Waals surface area contributed by atoms with Crippen LogP contribution in [0.25, 0.3) is 0 Å². The highest BCUT2D eigenvalue weighted by Crippen LogP contribution is 2.15. The number of pyridine rings is 1. The number of nitrogens with zero attached hydrogens (tertiary/aromatic N) is 3. The summed E-state index contributed by atoms with van der Waals surface area (Å²) in [6, 6.07) is 13.7. The summed E-state index contributed by atoms with van der Waals surface area (Å²) in [6.07, 6.45) is 1.76. The third-order valence-electron chi connectivity index (χ3n) is 4.26. The van der Waals surface area contributed by atoms with E-state index in [9.17, 15) is 0 Å². The molecule has 0 spiro atoms. The summed E-state index contributed by atoms with van der Waals surface area (Å²) >= 11 is 0. The number of benzene rings is 1. The molecule has 0 aliphatic rings. The number of oxazole rings is 1. The maximum atomic E-state index is 5.84. The minimum absolute atomic E-state index is 0.437. The fraction of sp³-hybridized carbons (Fsp3) is 0.318. The van der Waals surface area contributed by atoms with Crippen LogP contribution in [-0.2, 0) is 19.7 Å². The van der Waals surface area contributed by atoms with Gasteiger partial charge in [-0.1, -0.05) is 18.2 Å². The Morgan fingerprint density at radius 2 is 2.03 bits per heavy atom. The Hall–Kier alpha value is -3.35. The Balaban J connectivity index is 1.58. The molecule has 29 heavy (non-hydrogen) atoms. The Morgan fingerprint density at radius 1 is 1.14 bits per heavy atom. The highest BCUT2D eigenvalue weighted by molar-refractivity contribution is 5.79. The minimum atomic E-state index is 0.437. The highest BCUT2D eigenvalue weighted by Gasteiger charge is 2.06. The van der Waals surface area contributed by atoms with Crippen molar-refractivity contribution in [3.63, 3.8) is 0 Å². The van der Waals surface area contributed by atoms with Gasteiger partial charge in [0.25, 0.3) is 0 Å². The molecule has 0 radical (unpaired) electrons. The van der Waals surface area contributed by atoms with Gasteiger partial charge in [-0.25, -0.2) is 9.98 Å². The Labute approximate surface area is 171 Å². The van der Waals surface area contributed by atoms with E-state index in [0.717, 1.165) is 35.0 Å². The molecule has 0 amide bonds. The predicted molar refractivity (Wildman–Crippen MR) is 113 cm³/mol. The maximum absolute atomic E-state index is 5.84. The lowest BCUT2D eigenvalue weighted by atomic mass is 10.2. The zero-order chi connectivity index (χ0) is 20.5. The third kappa shape index (κ3) is 6.34. The number of guanidine groups is 1. The molecule has 0 unspecified atom stereocenters. The monoisotopic (exact) mass is 393 g/mol. The maximum Gasteiger partial charge on any atom is 0.214 e. The fourth-order valence-corrected chi connectivity index (χ4v) is 2.66. The second kappa shape index (κ2) is 10.3. The first-order valence-corrected chi connectivity index (χ1v) is 9.70. The van der Waals surface area contributed by atoms with Gasteiger partial charge >= 0.3 is 0 Å². The van der Waals surface area contributed by atoms with Crippen molar-refractivity contribution < 1.29 is 9.15 Å². The molecule has 0 bridgehead atoms. The van der Waals surface area contributed by atoms with E-state index in [0.29, 0.717) is 31.5 Å². The third-order valence-corrected chi connectivity index (χ3v) is 4.26. The highest BCUT2D eigenvalue weighted by atomic mass is 16.5. The lowest BCUT2D eigenvalue weighted by Crippen LogP contribution is -2.36. The molecule has 3 rings (SSSR count). The second-order valence-electron chi connectivity index (χ2n) is 6.56. The SMILES string of the molecule is CCNC(=NCc1cccc(OCc2ccccn2)c1)NCc1nc(C)c(C)o1. The molecular weight excluding hydrogens is 366 g/mol. The molecule has 7 heteroatoms. The molecule has 0 aliphatic carbocycles. The number of ether oxygens (including phenoxy) is 1. The molecule has 7 nitrogen and oxygen atoms in total. The van der Waals surface area contributed by atoms with Crippen molar-refractivity contribution in [2.75, 3.05) is 6.54 Å². The van der Waals surface area contributed by atoms with Crippen molar-refractivity contribution in [1.82, 2.24) is 20.6 Å². The standard InChI is InChI=1S/C22H27N5O2/c1-4-23-22(26-14-21-27-16(2)17(3)29-21)25-13-18-8-7-10-20(12-18)28-15-19-9-5-6-11-24-19/h5-12H,4,13-15H2,1-3H3,(H2,23,25,26). The average molecular weight is 393 g/mol. The van der Waals surface area contributed by atoms with Crippen LogP contribution in [0.2, 0.25) is 0 Å². The molecule has 1 aromatic carbocycles. The van der Waals surface area contributed by atoms with Crippen LogP contribution >= 0.6 is 0 Å². The zero-order valence-corrected chi connectivity index (χ0v) is 17.1. The lowest BCUT2D eigenvalue weighted by molar-refractivity contribution is 0.301.